The van der Waals surface area contributed by atoms with Crippen LogP contribution >= 0.6 is 24.0 Å². The summed E-state index contributed by atoms with van der Waals surface area (Å²) in [6, 6.07) is 22.0. The zero-order valence-corrected chi connectivity index (χ0v) is 18.8. The van der Waals surface area contributed by atoms with E-state index < -0.39 is 0 Å². The van der Waals surface area contributed by atoms with Crippen molar-refractivity contribution in [2.24, 2.45) is 0 Å². The van der Waals surface area contributed by atoms with Gasteiger partial charge in [0.25, 0.3) is 0 Å². The molecule has 3 rings (SSSR count). The molecule has 0 spiro atoms. The Hall–Kier alpha value is -2.40. The van der Waals surface area contributed by atoms with Crippen LogP contribution in [0.1, 0.15) is 16.7 Å². The lowest BCUT2D eigenvalue weighted by Gasteiger charge is -2.11. The topological polar surface area (TPSA) is 39.7 Å². The average Bonchev–Trinajstić information content (AvgIpc) is 2.76. The van der Waals surface area contributed by atoms with Gasteiger partial charge in [-0.05, 0) is 53.9 Å². The largest absolute Gasteiger partial charge is 0.493 e. The number of nitrogens with one attached hydrogen (secondary N) is 1. The van der Waals surface area contributed by atoms with Crippen LogP contribution in [0.25, 0.3) is 0 Å². The van der Waals surface area contributed by atoms with E-state index >= 15 is 0 Å². The first-order valence-electron chi connectivity index (χ1n) is 9.56. The standard InChI is InChI=1S/C24H26ClNO3.ClH/c1-27-23-11-8-18(15-24(23)28-2)12-13-26-16-20-9-10-22(21(25)14-20)29-17-19-6-4-3-5-7-19;/h3-11,14-15,26H,12-13,16-17H2,1-2H3;1H. The molecule has 0 aliphatic carbocycles. The van der Waals surface area contributed by atoms with E-state index in [0.29, 0.717) is 17.4 Å². The molecule has 3 aromatic carbocycles. The molecule has 3 aromatic rings. The second-order valence-corrected chi connectivity index (χ2v) is 7.06. The summed E-state index contributed by atoms with van der Waals surface area (Å²) in [4.78, 5) is 0. The first kappa shape index (κ1) is 23.9. The third-order valence-corrected chi connectivity index (χ3v) is 4.90. The highest BCUT2D eigenvalue weighted by Crippen LogP contribution is 2.28. The zero-order chi connectivity index (χ0) is 20.5. The summed E-state index contributed by atoms with van der Waals surface area (Å²) in [5, 5.41) is 4.07. The summed E-state index contributed by atoms with van der Waals surface area (Å²) in [7, 11) is 3.29. The maximum Gasteiger partial charge on any atom is 0.160 e. The van der Waals surface area contributed by atoms with Gasteiger partial charge >= 0.3 is 0 Å². The molecule has 0 amide bonds. The second-order valence-electron chi connectivity index (χ2n) is 6.66. The van der Waals surface area contributed by atoms with Crippen molar-refractivity contribution in [3.05, 3.63) is 88.4 Å². The van der Waals surface area contributed by atoms with E-state index in [1.54, 1.807) is 14.2 Å². The van der Waals surface area contributed by atoms with Gasteiger partial charge in [-0.2, -0.15) is 0 Å². The van der Waals surface area contributed by atoms with Crippen LogP contribution in [0.2, 0.25) is 5.02 Å². The summed E-state index contributed by atoms with van der Waals surface area (Å²) < 4.78 is 16.5. The third-order valence-electron chi connectivity index (χ3n) is 4.60. The molecule has 30 heavy (non-hydrogen) atoms. The van der Waals surface area contributed by atoms with Gasteiger partial charge in [0.2, 0.25) is 0 Å². The number of ether oxygens (including phenoxy) is 3. The maximum atomic E-state index is 6.39. The Morgan fingerprint density at radius 1 is 0.767 bits per heavy atom. The molecule has 0 saturated heterocycles. The van der Waals surface area contributed by atoms with Gasteiger partial charge in [0, 0.05) is 6.54 Å². The highest BCUT2D eigenvalue weighted by atomic mass is 35.5. The summed E-state index contributed by atoms with van der Waals surface area (Å²) in [6.45, 7) is 2.09. The summed E-state index contributed by atoms with van der Waals surface area (Å²) in [5.41, 5.74) is 3.43. The third kappa shape index (κ3) is 6.84. The highest BCUT2D eigenvalue weighted by Gasteiger charge is 2.06. The molecule has 0 saturated carbocycles. The number of rotatable bonds is 10. The molecule has 4 nitrogen and oxygen atoms in total. The fourth-order valence-electron chi connectivity index (χ4n) is 3.01. The van der Waals surface area contributed by atoms with Gasteiger partial charge in [-0.25, -0.2) is 0 Å². The van der Waals surface area contributed by atoms with Crippen molar-refractivity contribution in [2.75, 3.05) is 20.8 Å². The van der Waals surface area contributed by atoms with Gasteiger partial charge in [-0.3, -0.25) is 0 Å². The number of halogens is 2. The van der Waals surface area contributed by atoms with Crippen LogP contribution in [-0.4, -0.2) is 20.8 Å². The molecule has 160 valence electrons. The van der Waals surface area contributed by atoms with Crippen LogP contribution in [0.15, 0.2) is 66.7 Å². The highest BCUT2D eigenvalue weighted by molar-refractivity contribution is 6.32. The molecule has 0 radical (unpaired) electrons. The van der Waals surface area contributed by atoms with Crippen molar-refractivity contribution >= 4 is 24.0 Å². The lowest BCUT2D eigenvalue weighted by Crippen LogP contribution is -2.16. The predicted octanol–water partition coefficient (Wildman–Crippen LogP) is 5.69. The molecule has 0 aliphatic heterocycles. The van der Waals surface area contributed by atoms with E-state index in [-0.39, 0.29) is 12.4 Å². The van der Waals surface area contributed by atoms with E-state index in [0.717, 1.165) is 42.1 Å². The molecule has 0 aliphatic rings. The van der Waals surface area contributed by atoms with Gasteiger partial charge in [0.05, 0.1) is 19.2 Å². The number of hydrogen-bond acceptors (Lipinski definition) is 4. The van der Waals surface area contributed by atoms with Gasteiger partial charge in [0.1, 0.15) is 12.4 Å². The molecular weight excluding hydrogens is 421 g/mol. The Labute approximate surface area is 189 Å². The number of methoxy groups -OCH3 is 2. The Morgan fingerprint density at radius 2 is 1.47 bits per heavy atom. The molecule has 0 unspecified atom stereocenters. The summed E-state index contributed by atoms with van der Waals surface area (Å²) >= 11 is 6.39. The smallest absolute Gasteiger partial charge is 0.160 e. The number of hydrogen-bond donors (Lipinski definition) is 1. The Bertz CT molecular complexity index is 920. The van der Waals surface area contributed by atoms with Gasteiger partial charge in [-0.1, -0.05) is 54.1 Å². The molecule has 6 heteroatoms. The minimum atomic E-state index is 0. The minimum Gasteiger partial charge on any atom is -0.493 e. The average molecular weight is 448 g/mol. The van der Waals surface area contributed by atoms with Crippen LogP contribution < -0.4 is 19.5 Å². The number of benzene rings is 3. The molecule has 1 N–H and O–H groups in total. The quantitative estimate of drug-likeness (QED) is 0.405. The molecule has 0 heterocycles. The van der Waals surface area contributed by atoms with Crippen molar-refractivity contribution in [3.8, 4) is 17.2 Å². The lowest BCUT2D eigenvalue weighted by atomic mass is 10.1. The van der Waals surface area contributed by atoms with Crippen molar-refractivity contribution in [2.45, 2.75) is 19.6 Å². The SMILES string of the molecule is COc1ccc(CCNCc2ccc(OCc3ccccc3)c(Cl)c2)cc1OC.Cl. The van der Waals surface area contributed by atoms with Gasteiger partial charge in [0.15, 0.2) is 11.5 Å². The monoisotopic (exact) mass is 447 g/mol. The van der Waals surface area contributed by atoms with E-state index in [1.165, 1.54) is 5.56 Å². The van der Waals surface area contributed by atoms with Gasteiger partial charge in [-0.15, -0.1) is 12.4 Å². The van der Waals surface area contributed by atoms with Crippen molar-refractivity contribution in [1.82, 2.24) is 5.32 Å². The fourth-order valence-corrected chi connectivity index (χ4v) is 3.27. The Kier molecular flexibility index (Phi) is 9.81. The predicted molar refractivity (Wildman–Crippen MR) is 124 cm³/mol. The zero-order valence-electron chi connectivity index (χ0n) is 17.2. The lowest BCUT2D eigenvalue weighted by molar-refractivity contribution is 0.306. The summed E-state index contributed by atoms with van der Waals surface area (Å²) in [6.07, 6.45) is 0.895. The molecule has 0 fully saturated rings. The van der Waals surface area contributed by atoms with Crippen LogP contribution in [-0.2, 0) is 19.6 Å². The molecule has 0 bridgehead atoms. The maximum absolute atomic E-state index is 6.39. The second kappa shape index (κ2) is 12.3. The van der Waals surface area contributed by atoms with Crippen molar-refractivity contribution in [3.63, 3.8) is 0 Å². The Morgan fingerprint density at radius 3 is 2.17 bits per heavy atom. The van der Waals surface area contributed by atoms with E-state index in [9.17, 15) is 0 Å². The van der Waals surface area contributed by atoms with E-state index in [1.807, 2.05) is 60.7 Å². The molecular formula is C24H27Cl2NO3. The van der Waals surface area contributed by atoms with Crippen molar-refractivity contribution in [1.29, 1.82) is 0 Å². The van der Waals surface area contributed by atoms with E-state index in [2.05, 4.69) is 11.4 Å². The van der Waals surface area contributed by atoms with Crippen LogP contribution in [0.5, 0.6) is 17.2 Å². The Balaban J connectivity index is 0.00000320. The summed E-state index contributed by atoms with van der Waals surface area (Å²) in [5.74, 6) is 2.20. The molecule has 0 aromatic heterocycles. The normalized spacial score (nSPS) is 10.2. The van der Waals surface area contributed by atoms with E-state index in [4.69, 9.17) is 25.8 Å². The fraction of sp³-hybridized carbons (Fsp3) is 0.250. The van der Waals surface area contributed by atoms with Crippen LogP contribution in [0, 0.1) is 0 Å². The molecule has 0 atom stereocenters. The minimum absolute atomic E-state index is 0. The first-order valence-corrected chi connectivity index (χ1v) is 9.94. The van der Waals surface area contributed by atoms with Crippen LogP contribution in [0.4, 0.5) is 0 Å². The van der Waals surface area contributed by atoms with Crippen LogP contribution in [0.3, 0.4) is 0 Å². The first-order chi connectivity index (χ1) is 14.2. The van der Waals surface area contributed by atoms with Gasteiger partial charge < -0.3 is 19.5 Å². The van der Waals surface area contributed by atoms with Crippen molar-refractivity contribution < 1.29 is 14.2 Å².